The Kier molecular flexibility index (Phi) is 9.94. The molecular formula is C14H23BO7. The molecule has 0 rings (SSSR count). The van der Waals surface area contributed by atoms with Crippen molar-refractivity contribution in [2.45, 2.75) is 45.2 Å². The number of hydrogen-bond acceptors (Lipinski definition) is 7. The van der Waals surface area contributed by atoms with Crippen molar-refractivity contribution in [2.24, 2.45) is 0 Å². The highest BCUT2D eigenvalue weighted by Crippen LogP contribution is 2.10. The molecule has 0 saturated heterocycles. The predicted octanol–water partition coefficient (Wildman–Crippen LogP) is -0.227. The van der Waals surface area contributed by atoms with E-state index < -0.39 is 30.4 Å². The average Bonchev–Trinajstić information content (AvgIpc) is 2.47. The molecule has 124 valence electrons. The summed E-state index contributed by atoms with van der Waals surface area (Å²) in [6.45, 7) is 5.95. The van der Waals surface area contributed by atoms with Gasteiger partial charge < -0.3 is 19.3 Å². The lowest BCUT2D eigenvalue weighted by atomic mass is 10.0. The highest BCUT2D eigenvalue weighted by Gasteiger charge is 2.14. The Morgan fingerprint density at radius 2 is 1.77 bits per heavy atom. The fraction of sp³-hybridized carbons (Fsp3) is 0.643. The van der Waals surface area contributed by atoms with Gasteiger partial charge >= 0.3 is 11.9 Å². The maximum Gasteiger partial charge on any atom is 0.374 e. The van der Waals surface area contributed by atoms with E-state index in [0.717, 1.165) is 13.2 Å². The van der Waals surface area contributed by atoms with Crippen LogP contribution in [0.1, 0.15) is 26.7 Å². The number of ether oxygens (including phenoxy) is 3. The molecular weight excluding hydrogens is 291 g/mol. The first-order valence-electron chi connectivity index (χ1n) is 7.12. The van der Waals surface area contributed by atoms with Crippen molar-refractivity contribution in [3.63, 3.8) is 0 Å². The molecule has 2 atom stereocenters. The second kappa shape index (κ2) is 10.8. The van der Waals surface area contributed by atoms with Crippen LogP contribution in [0.2, 0.25) is 6.32 Å². The van der Waals surface area contributed by atoms with Crippen LogP contribution in [0, 0.1) is 0 Å². The Balaban J connectivity index is 3.82. The van der Waals surface area contributed by atoms with Crippen LogP contribution >= 0.6 is 0 Å². The van der Waals surface area contributed by atoms with Gasteiger partial charge in [0, 0.05) is 13.3 Å². The first-order valence-corrected chi connectivity index (χ1v) is 7.12. The molecule has 0 aromatic rings. The van der Waals surface area contributed by atoms with Crippen molar-refractivity contribution >= 4 is 25.6 Å². The number of carbonyl (C=O) groups is 3. The Morgan fingerprint density at radius 3 is 2.32 bits per heavy atom. The molecule has 0 bridgehead atoms. The van der Waals surface area contributed by atoms with Gasteiger partial charge in [0.05, 0.1) is 18.3 Å². The van der Waals surface area contributed by atoms with Crippen LogP contribution in [0.15, 0.2) is 12.3 Å². The number of Topliss-reactive ketones (excluding diaryl/α,β-unsaturated/α-hetero) is 1. The lowest BCUT2D eigenvalue weighted by Crippen LogP contribution is -2.27. The monoisotopic (exact) mass is 314 g/mol. The highest BCUT2D eigenvalue weighted by atomic mass is 16.6. The van der Waals surface area contributed by atoms with Gasteiger partial charge in [-0.05, 0) is 13.2 Å². The molecule has 0 aromatic carbocycles. The number of allylic oxidation sites excluding steroid dienone is 1. The third kappa shape index (κ3) is 9.98. The summed E-state index contributed by atoms with van der Waals surface area (Å²) in [6, 6.07) is 0. The molecule has 0 saturated carbocycles. The molecule has 0 aliphatic heterocycles. The minimum atomic E-state index is -1.17. The second-order valence-corrected chi connectivity index (χ2v) is 4.87. The van der Waals surface area contributed by atoms with Gasteiger partial charge in [0.25, 0.3) is 0 Å². The van der Waals surface area contributed by atoms with E-state index in [0.29, 0.717) is 12.2 Å². The van der Waals surface area contributed by atoms with Crippen LogP contribution in [0.3, 0.4) is 0 Å². The minimum absolute atomic E-state index is 0.0429. The summed E-state index contributed by atoms with van der Waals surface area (Å²) in [6.07, 6.45) is 0.121. The summed E-state index contributed by atoms with van der Waals surface area (Å²) < 4.78 is 14.7. The van der Waals surface area contributed by atoms with Crippen molar-refractivity contribution in [1.29, 1.82) is 0 Å². The lowest BCUT2D eigenvalue weighted by molar-refractivity contribution is -0.157. The van der Waals surface area contributed by atoms with E-state index in [9.17, 15) is 19.5 Å². The fourth-order valence-corrected chi connectivity index (χ4v) is 1.25. The van der Waals surface area contributed by atoms with Gasteiger partial charge in [-0.1, -0.05) is 6.58 Å². The SMILES string of the molecule is BCC(C)OC(=C)CCC(=O)OCC(O)COC(=O)C(C)=O. The van der Waals surface area contributed by atoms with Crippen molar-refractivity contribution in [3.8, 4) is 0 Å². The van der Waals surface area contributed by atoms with Crippen LogP contribution in [0.4, 0.5) is 0 Å². The maximum absolute atomic E-state index is 11.5. The summed E-state index contributed by atoms with van der Waals surface area (Å²) in [4.78, 5) is 32.9. The van der Waals surface area contributed by atoms with E-state index >= 15 is 0 Å². The van der Waals surface area contributed by atoms with Crippen LogP contribution in [-0.4, -0.2) is 56.1 Å². The zero-order valence-corrected chi connectivity index (χ0v) is 13.3. The summed E-state index contributed by atoms with van der Waals surface area (Å²) >= 11 is 0. The van der Waals surface area contributed by atoms with Crippen LogP contribution in [0.5, 0.6) is 0 Å². The average molecular weight is 314 g/mol. The largest absolute Gasteiger partial charge is 0.496 e. The Morgan fingerprint density at radius 1 is 1.18 bits per heavy atom. The van der Waals surface area contributed by atoms with Crippen LogP contribution < -0.4 is 0 Å². The van der Waals surface area contributed by atoms with E-state index in [2.05, 4.69) is 11.3 Å². The molecule has 22 heavy (non-hydrogen) atoms. The zero-order chi connectivity index (χ0) is 17.1. The normalized spacial score (nSPS) is 12.9. The van der Waals surface area contributed by atoms with Crippen molar-refractivity contribution in [1.82, 2.24) is 0 Å². The van der Waals surface area contributed by atoms with E-state index in [4.69, 9.17) is 9.47 Å². The smallest absolute Gasteiger partial charge is 0.374 e. The molecule has 0 aromatic heterocycles. The number of hydrogen-bond donors (Lipinski definition) is 1. The molecule has 0 aliphatic carbocycles. The molecule has 2 unspecified atom stereocenters. The molecule has 0 aliphatic rings. The van der Waals surface area contributed by atoms with Crippen molar-refractivity contribution < 1.29 is 33.7 Å². The van der Waals surface area contributed by atoms with Crippen molar-refractivity contribution in [2.75, 3.05) is 13.2 Å². The van der Waals surface area contributed by atoms with Crippen LogP contribution in [-0.2, 0) is 28.6 Å². The summed E-state index contributed by atoms with van der Waals surface area (Å²) in [7, 11) is 1.98. The molecule has 0 amide bonds. The first-order chi connectivity index (χ1) is 10.3. The van der Waals surface area contributed by atoms with Gasteiger partial charge in [-0.3, -0.25) is 9.59 Å². The summed E-state index contributed by atoms with van der Waals surface area (Å²) in [5.41, 5.74) is 0. The van der Waals surface area contributed by atoms with Gasteiger partial charge in [0.15, 0.2) is 0 Å². The Labute approximate surface area is 131 Å². The number of aliphatic hydroxyl groups is 1. The van der Waals surface area contributed by atoms with E-state index in [-0.39, 0.29) is 19.1 Å². The minimum Gasteiger partial charge on any atom is -0.496 e. The summed E-state index contributed by atoms with van der Waals surface area (Å²) in [5, 5.41) is 9.45. The zero-order valence-electron chi connectivity index (χ0n) is 13.3. The standard InChI is InChI=1S/C14H23BO7/c1-9(22-10(2)6-15)4-5-13(18)20-7-12(17)8-21-14(19)11(3)16/h10,12,17H,1,4-8,15H2,2-3H3. The Bertz CT molecular complexity index is 408. The molecule has 0 heterocycles. The van der Waals surface area contributed by atoms with E-state index in [1.165, 1.54) is 0 Å². The summed E-state index contributed by atoms with van der Waals surface area (Å²) in [5.74, 6) is -1.82. The third-order valence-electron chi connectivity index (χ3n) is 2.68. The van der Waals surface area contributed by atoms with Gasteiger partial charge in [-0.2, -0.15) is 0 Å². The Hall–Kier alpha value is -1.83. The first kappa shape index (κ1) is 20.2. The van der Waals surface area contributed by atoms with Gasteiger partial charge in [-0.15, -0.1) is 0 Å². The molecule has 0 fully saturated rings. The van der Waals surface area contributed by atoms with Gasteiger partial charge in [0.2, 0.25) is 5.78 Å². The fourth-order valence-electron chi connectivity index (χ4n) is 1.25. The predicted molar refractivity (Wildman–Crippen MR) is 80.9 cm³/mol. The van der Waals surface area contributed by atoms with E-state index in [1.54, 1.807) is 0 Å². The quantitative estimate of drug-likeness (QED) is 0.243. The second-order valence-electron chi connectivity index (χ2n) is 4.87. The third-order valence-corrected chi connectivity index (χ3v) is 2.68. The topological polar surface area (TPSA) is 99.1 Å². The van der Waals surface area contributed by atoms with Gasteiger partial charge in [0.1, 0.15) is 27.2 Å². The molecule has 8 heteroatoms. The molecule has 7 nitrogen and oxygen atoms in total. The molecule has 0 radical (unpaired) electrons. The number of rotatable bonds is 11. The number of ketones is 1. The maximum atomic E-state index is 11.5. The van der Waals surface area contributed by atoms with Crippen molar-refractivity contribution in [3.05, 3.63) is 12.3 Å². The number of esters is 2. The number of aliphatic hydroxyl groups excluding tert-OH is 1. The number of carbonyl (C=O) groups excluding carboxylic acids is 3. The molecule has 1 N–H and O–H groups in total. The van der Waals surface area contributed by atoms with Crippen LogP contribution in [0.25, 0.3) is 0 Å². The lowest BCUT2D eigenvalue weighted by Gasteiger charge is -2.15. The van der Waals surface area contributed by atoms with E-state index in [1.807, 2.05) is 14.8 Å². The highest BCUT2D eigenvalue weighted by molar-refractivity contribution is 6.32. The van der Waals surface area contributed by atoms with Gasteiger partial charge in [-0.25, -0.2) is 4.79 Å². The molecule has 0 spiro atoms.